The Kier molecular flexibility index (Phi) is 16.2. The smallest absolute Gasteiger partial charge is 0.335 e. The highest BCUT2D eigenvalue weighted by Gasteiger charge is 2.34. The quantitative estimate of drug-likeness (QED) is 0.379. The van der Waals surface area contributed by atoms with Gasteiger partial charge < -0.3 is 9.84 Å². The summed E-state index contributed by atoms with van der Waals surface area (Å²) < 4.78 is 40.6. The number of alkyl halides is 3. The summed E-state index contributed by atoms with van der Waals surface area (Å²) in [6.45, 7) is 15.2. The van der Waals surface area contributed by atoms with E-state index in [2.05, 4.69) is 13.2 Å². The van der Waals surface area contributed by atoms with Gasteiger partial charge in [-0.1, -0.05) is 59.1 Å². The van der Waals surface area contributed by atoms with Crippen LogP contribution in [0.25, 0.3) is 6.08 Å². The van der Waals surface area contributed by atoms with Gasteiger partial charge >= 0.3 is 5.97 Å². The lowest BCUT2D eigenvalue weighted by molar-refractivity contribution is -0.134. The maximum absolute atomic E-state index is 13.0. The van der Waals surface area contributed by atoms with Gasteiger partial charge in [0.1, 0.15) is 5.75 Å². The Morgan fingerprint density at radius 3 is 2.19 bits per heavy atom. The van der Waals surface area contributed by atoms with Crippen LogP contribution in [0.3, 0.4) is 0 Å². The van der Waals surface area contributed by atoms with Crippen molar-refractivity contribution in [3.8, 4) is 5.75 Å². The van der Waals surface area contributed by atoms with Crippen molar-refractivity contribution in [1.82, 2.24) is 0 Å². The minimum atomic E-state index is -2.98. The van der Waals surface area contributed by atoms with Gasteiger partial charge in [-0.25, -0.2) is 13.6 Å². The first-order valence-electron chi connectivity index (χ1n) is 9.76. The number of rotatable bonds is 7. The molecule has 2 rings (SSSR count). The number of halogens is 3. The molecule has 0 aromatic heterocycles. The van der Waals surface area contributed by atoms with Gasteiger partial charge in [0.25, 0.3) is 6.43 Å². The van der Waals surface area contributed by atoms with E-state index in [1.807, 2.05) is 27.7 Å². The van der Waals surface area contributed by atoms with Crippen LogP contribution in [-0.2, 0) is 4.79 Å². The maximum atomic E-state index is 13.0. The zero-order valence-corrected chi connectivity index (χ0v) is 18.6. The van der Waals surface area contributed by atoms with Gasteiger partial charge in [0.15, 0.2) is 11.9 Å². The Hall–Kier alpha value is -3.09. The third-order valence-electron chi connectivity index (χ3n) is 3.64. The molecule has 0 spiro atoms. The lowest BCUT2D eigenvalue weighted by atomic mass is 9.97. The molecule has 0 amide bonds. The minimum Gasteiger partial charge on any atom is -0.479 e. The number of hydrogen-bond donors (Lipinski definition) is 1. The Balaban J connectivity index is 0. The number of carboxylic acids is 1. The first-order valence-corrected chi connectivity index (χ1v) is 9.76. The maximum Gasteiger partial charge on any atom is 0.335 e. The van der Waals surface area contributed by atoms with Crippen molar-refractivity contribution in [1.29, 1.82) is 0 Å². The molecule has 0 saturated heterocycles. The second-order valence-electron chi connectivity index (χ2n) is 5.31. The molecule has 0 bridgehead atoms. The van der Waals surface area contributed by atoms with Gasteiger partial charge in [-0.2, -0.15) is 0 Å². The molecule has 1 aromatic rings. The molecule has 1 heterocycles. The normalized spacial score (nSPS) is 13.9. The van der Waals surface area contributed by atoms with Gasteiger partial charge in [-0.15, -0.1) is 0 Å². The Morgan fingerprint density at radius 1 is 1.16 bits per heavy atom. The zero-order valence-electron chi connectivity index (χ0n) is 18.6. The fourth-order valence-corrected chi connectivity index (χ4v) is 2.40. The molecule has 0 radical (unpaired) electrons. The first-order chi connectivity index (χ1) is 14.9. The number of ether oxygens (including phenoxy) is 1. The Morgan fingerprint density at radius 2 is 1.74 bits per heavy atom. The van der Waals surface area contributed by atoms with Crippen molar-refractivity contribution in [3.05, 3.63) is 71.9 Å². The molecular formula is C24H31F3O4. The van der Waals surface area contributed by atoms with Crippen LogP contribution >= 0.6 is 0 Å². The molecule has 7 heteroatoms. The summed E-state index contributed by atoms with van der Waals surface area (Å²) in [5.74, 6) is -1.61. The Labute approximate surface area is 182 Å². The van der Waals surface area contributed by atoms with E-state index in [9.17, 15) is 22.8 Å². The molecule has 1 aliphatic heterocycles. The van der Waals surface area contributed by atoms with E-state index in [-0.39, 0.29) is 23.5 Å². The molecular weight excluding hydrogens is 409 g/mol. The van der Waals surface area contributed by atoms with Crippen LogP contribution in [0.15, 0.2) is 60.7 Å². The van der Waals surface area contributed by atoms with Crippen LogP contribution < -0.4 is 4.74 Å². The van der Waals surface area contributed by atoms with E-state index < -0.39 is 24.1 Å². The molecule has 1 N–H and O–H groups in total. The fraction of sp³-hybridized carbons (Fsp3) is 0.333. The van der Waals surface area contributed by atoms with Crippen molar-refractivity contribution in [2.45, 2.75) is 46.6 Å². The van der Waals surface area contributed by atoms with Crippen LogP contribution in [0.1, 0.15) is 50.0 Å². The molecule has 1 aliphatic rings. The highest BCUT2D eigenvalue weighted by atomic mass is 19.3. The van der Waals surface area contributed by atoms with Crippen molar-refractivity contribution < 1.29 is 32.6 Å². The molecule has 31 heavy (non-hydrogen) atoms. The Bertz CT molecular complexity index is 796. The SMILES string of the molecule is C=C/C=C(\C=C)CC(=O)c1ccc2c(c1)C=C(C(=O)O)C(C(F)F)O2.CC.CC.CF. The molecule has 4 nitrogen and oxygen atoms in total. The number of carbonyl (C=O) groups is 2. The number of ketones is 1. The second kappa shape index (κ2) is 16.7. The highest BCUT2D eigenvalue weighted by Crippen LogP contribution is 2.33. The van der Waals surface area contributed by atoms with Gasteiger partial charge in [-0.3, -0.25) is 9.18 Å². The number of Topliss-reactive ketones (excluding diaryl/α,β-unsaturated/α-hetero) is 1. The zero-order chi connectivity index (χ0) is 24.6. The minimum absolute atomic E-state index is 0.0876. The number of benzene rings is 1. The van der Waals surface area contributed by atoms with Gasteiger partial charge in [0.05, 0.1) is 12.8 Å². The number of hydrogen-bond acceptors (Lipinski definition) is 3. The number of carbonyl (C=O) groups excluding carboxylic acids is 1. The van der Waals surface area contributed by atoms with Crippen LogP contribution in [-0.4, -0.2) is 36.6 Å². The summed E-state index contributed by atoms with van der Waals surface area (Å²) in [5.41, 5.74) is 0.711. The number of carboxylic acid groups (broad SMARTS) is 1. The van der Waals surface area contributed by atoms with Gasteiger partial charge in [-0.05, 0) is 29.8 Å². The predicted molar refractivity (Wildman–Crippen MR) is 120 cm³/mol. The summed E-state index contributed by atoms with van der Waals surface area (Å²) >= 11 is 0. The van der Waals surface area contributed by atoms with Crippen LogP contribution in [0.2, 0.25) is 0 Å². The largest absolute Gasteiger partial charge is 0.479 e. The van der Waals surface area contributed by atoms with Gasteiger partial charge in [0.2, 0.25) is 0 Å². The third kappa shape index (κ3) is 9.07. The number of allylic oxidation sites excluding steroid dienone is 4. The molecule has 1 aromatic carbocycles. The summed E-state index contributed by atoms with van der Waals surface area (Å²) in [6.07, 6.45) is 1.12. The van der Waals surface area contributed by atoms with Crippen molar-refractivity contribution >= 4 is 17.8 Å². The van der Waals surface area contributed by atoms with Crippen molar-refractivity contribution in [3.63, 3.8) is 0 Å². The van der Waals surface area contributed by atoms with E-state index in [4.69, 9.17) is 9.84 Å². The number of fused-ring (bicyclic) bond motifs is 1. The lowest BCUT2D eigenvalue weighted by Crippen LogP contribution is -2.33. The molecule has 0 aliphatic carbocycles. The standard InChI is InChI=1S/C19H16F2O4.2C2H6.CH3F/c1-3-5-11(4-2)8-15(22)12-6-7-16-13(9-12)10-14(19(23)24)17(25-16)18(20)21;3*1-2/h3-7,9-10,17-18H,1-2,8H2,(H,23,24);2*1-2H3;1H3/b11-5+;;;. The molecule has 1 unspecified atom stereocenters. The second-order valence-corrected chi connectivity index (χ2v) is 5.31. The predicted octanol–water partition coefficient (Wildman–Crippen LogP) is 6.69. The fourth-order valence-electron chi connectivity index (χ4n) is 2.40. The monoisotopic (exact) mass is 440 g/mol. The van der Waals surface area contributed by atoms with Crippen molar-refractivity contribution in [2.24, 2.45) is 0 Å². The van der Waals surface area contributed by atoms with Crippen molar-refractivity contribution in [2.75, 3.05) is 7.18 Å². The summed E-state index contributed by atoms with van der Waals surface area (Å²) in [7, 11) is 0.500. The first kappa shape index (κ1) is 30.1. The summed E-state index contributed by atoms with van der Waals surface area (Å²) in [6, 6.07) is 4.27. The molecule has 0 saturated carbocycles. The van der Waals surface area contributed by atoms with E-state index >= 15 is 0 Å². The average Bonchev–Trinajstić information content (AvgIpc) is 2.81. The summed E-state index contributed by atoms with van der Waals surface area (Å²) in [5, 5.41) is 9.10. The highest BCUT2D eigenvalue weighted by molar-refractivity contribution is 6.00. The lowest BCUT2D eigenvalue weighted by Gasteiger charge is -2.25. The summed E-state index contributed by atoms with van der Waals surface area (Å²) in [4.78, 5) is 23.5. The third-order valence-corrected chi connectivity index (χ3v) is 3.64. The van der Waals surface area contributed by atoms with Crippen LogP contribution in [0, 0.1) is 0 Å². The van der Waals surface area contributed by atoms with Crippen LogP contribution in [0.4, 0.5) is 13.2 Å². The molecule has 172 valence electrons. The van der Waals surface area contributed by atoms with Crippen LogP contribution in [0.5, 0.6) is 5.75 Å². The van der Waals surface area contributed by atoms with E-state index in [1.165, 1.54) is 30.4 Å². The van der Waals surface area contributed by atoms with E-state index in [0.29, 0.717) is 18.3 Å². The molecule has 1 atom stereocenters. The molecule has 0 fully saturated rings. The van der Waals surface area contributed by atoms with Gasteiger partial charge in [0, 0.05) is 17.5 Å². The topological polar surface area (TPSA) is 63.6 Å². The van der Waals surface area contributed by atoms with E-state index in [1.54, 1.807) is 6.08 Å². The van der Waals surface area contributed by atoms with E-state index in [0.717, 1.165) is 6.08 Å². The average molecular weight is 441 g/mol. The number of aliphatic carboxylic acids is 1.